The van der Waals surface area contributed by atoms with Crippen molar-refractivity contribution >= 4 is 34.0 Å². The van der Waals surface area contributed by atoms with Crippen LogP contribution < -0.4 is 5.32 Å². The molecule has 0 fully saturated rings. The fourth-order valence-corrected chi connectivity index (χ4v) is 2.64. The Morgan fingerprint density at radius 1 is 1.43 bits per heavy atom. The number of hydrogen-bond acceptors (Lipinski definition) is 2. The molecular formula is C9H8ClNO2S. The third-order valence-electron chi connectivity index (χ3n) is 1.98. The Labute approximate surface area is 88.9 Å². The highest BCUT2D eigenvalue weighted by Crippen LogP contribution is 2.26. The Morgan fingerprint density at radius 2 is 2.21 bits per heavy atom. The minimum Gasteiger partial charge on any atom is -0.325 e. The Bertz CT molecular complexity index is 419. The number of benzene rings is 1. The SMILES string of the molecule is O=C1CCS(=O)c2ccc(Cl)cc2N1. The molecule has 5 heteroatoms. The Balaban J connectivity index is 2.52. The minimum absolute atomic E-state index is 0.112. The molecule has 0 radical (unpaired) electrons. The fourth-order valence-electron chi connectivity index (χ4n) is 1.31. The molecule has 1 unspecified atom stereocenters. The lowest BCUT2D eigenvalue weighted by Crippen LogP contribution is -2.10. The predicted octanol–water partition coefficient (Wildman–Crippen LogP) is 1.79. The Morgan fingerprint density at radius 3 is 3.00 bits per heavy atom. The third kappa shape index (κ3) is 1.81. The topological polar surface area (TPSA) is 46.2 Å². The zero-order chi connectivity index (χ0) is 10.1. The van der Waals surface area contributed by atoms with Crippen LogP contribution in [0, 0.1) is 0 Å². The van der Waals surface area contributed by atoms with Crippen molar-refractivity contribution in [3.8, 4) is 0 Å². The van der Waals surface area contributed by atoms with E-state index in [-0.39, 0.29) is 5.91 Å². The van der Waals surface area contributed by atoms with Gasteiger partial charge in [-0.3, -0.25) is 9.00 Å². The molecule has 1 aliphatic heterocycles. The number of halogens is 1. The van der Waals surface area contributed by atoms with Crippen LogP contribution in [0.25, 0.3) is 0 Å². The lowest BCUT2D eigenvalue weighted by atomic mass is 10.3. The van der Waals surface area contributed by atoms with E-state index in [2.05, 4.69) is 5.32 Å². The molecule has 2 rings (SSSR count). The van der Waals surface area contributed by atoms with Gasteiger partial charge in [0.1, 0.15) is 0 Å². The average Bonchev–Trinajstić information content (AvgIpc) is 2.26. The van der Waals surface area contributed by atoms with Crippen LogP contribution in [0.4, 0.5) is 5.69 Å². The summed E-state index contributed by atoms with van der Waals surface area (Å²) >= 11 is 5.78. The molecule has 1 aromatic carbocycles. The van der Waals surface area contributed by atoms with Crippen LogP contribution in [0.15, 0.2) is 23.1 Å². The van der Waals surface area contributed by atoms with Gasteiger partial charge in [-0.05, 0) is 18.2 Å². The van der Waals surface area contributed by atoms with Gasteiger partial charge in [0.15, 0.2) is 0 Å². The van der Waals surface area contributed by atoms with Gasteiger partial charge in [0.05, 0.1) is 21.4 Å². The second-order valence-corrected chi connectivity index (χ2v) is 4.96. The first-order chi connectivity index (χ1) is 6.66. The highest BCUT2D eigenvalue weighted by molar-refractivity contribution is 7.85. The van der Waals surface area contributed by atoms with E-state index in [9.17, 15) is 9.00 Å². The summed E-state index contributed by atoms with van der Waals surface area (Å²) in [6.45, 7) is 0. The molecule has 0 saturated carbocycles. The Hall–Kier alpha value is -0.870. The van der Waals surface area contributed by atoms with Crippen molar-refractivity contribution in [2.45, 2.75) is 11.3 Å². The summed E-state index contributed by atoms with van der Waals surface area (Å²) in [5.74, 6) is 0.264. The van der Waals surface area contributed by atoms with E-state index in [1.807, 2.05) is 0 Å². The zero-order valence-corrected chi connectivity index (χ0v) is 8.82. The van der Waals surface area contributed by atoms with Crippen molar-refractivity contribution < 1.29 is 9.00 Å². The van der Waals surface area contributed by atoms with Crippen LogP contribution in [0.2, 0.25) is 5.02 Å². The normalized spacial score (nSPS) is 20.9. The molecule has 74 valence electrons. The van der Waals surface area contributed by atoms with Crippen LogP contribution >= 0.6 is 11.6 Å². The average molecular weight is 230 g/mol. The van der Waals surface area contributed by atoms with E-state index in [0.29, 0.717) is 27.8 Å². The number of rotatable bonds is 0. The van der Waals surface area contributed by atoms with Gasteiger partial charge in [0, 0.05) is 17.2 Å². The van der Waals surface area contributed by atoms with Crippen molar-refractivity contribution in [2.24, 2.45) is 0 Å². The van der Waals surface area contributed by atoms with Crippen molar-refractivity contribution in [3.63, 3.8) is 0 Å². The van der Waals surface area contributed by atoms with Crippen LogP contribution in [-0.2, 0) is 15.6 Å². The van der Waals surface area contributed by atoms with Gasteiger partial charge in [-0.25, -0.2) is 0 Å². The largest absolute Gasteiger partial charge is 0.325 e. The molecule has 1 aromatic rings. The predicted molar refractivity (Wildman–Crippen MR) is 56.0 cm³/mol. The molecule has 1 amide bonds. The van der Waals surface area contributed by atoms with Gasteiger partial charge in [-0.2, -0.15) is 0 Å². The highest BCUT2D eigenvalue weighted by atomic mass is 35.5. The van der Waals surface area contributed by atoms with Gasteiger partial charge in [0.25, 0.3) is 0 Å². The molecule has 14 heavy (non-hydrogen) atoms. The van der Waals surface area contributed by atoms with Crippen LogP contribution in [0.5, 0.6) is 0 Å². The first-order valence-electron chi connectivity index (χ1n) is 4.14. The number of carbonyl (C=O) groups is 1. The first kappa shape index (κ1) is 9.68. The van der Waals surface area contributed by atoms with E-state index in [0.717, 1.165) is 0 Å². The number of hydrogen-bond donors (Lipinski definition) is 1. The molecule has 1 aliphatic rings. The van der Waals surface area contributed by atoms with Gasteiger partial charge >= 0.3 is 0 Å². The molecule has 1 atom stereocenters. The quantitative estimate of drug-likeness (QED) is 0.737. The van der Waals surface area contributed by atoms with Crippen LogP contribution in [0.3, 0.4) is 0 Å². The molecule has 1 N–H and O–H groups in total. The standard InChI is InChI=1S/C9H8ClNO2S/c10-6-1-2-8-7(5-6)11-9(12)3-4-14(8)13/h1-2,5H,3-4H2,(H,11,12). The third-order valence-corrected chi connectivity index (χ3v) is 3.63. The number of fused-ring (bicyclic) bond motifs is 1. The molecule has 3 nitrogen and oxygen atoms in total. The van der Waals surface area contributed by atoms with E-state index in [1.54, 1.807) is 18.2 Å². The zero-order valence-electron chi connectivity index (χ0n) is 7.25. The maximum absolute atomic E-state index is 11.6. The summed E-state index contributed by atoms with van der Waals surface area (Å²) in [5, 5.41) is 3.21. The molecule has 0 aliphatic carbocycles. The van der Waals surface area contributed by atoms with E-state index in [4.69, 9.17) is 11.6 Å². The molecule has 1 heterocycles. The van der Waals surface area contributed by atoms with Gasteiger partial charge in [0.2, 0.25) is 5.91 Å². The molecule has 0 bridgehead atoms. The number of amides is 1. The van der Waals surface area contributed by atoms with Crippen LogP contribution in [0.1, 0.15) is 6.42 Å². The monoisotopic (exact) mass is 229 g/mol. The second kappa shape index (κ2) is 3.71. The summed E-state index contributed by atoms with van der Waals surface area (Å²) in [5.41, 5.74) is 0.568. The minimum atomic E-state index is -1.10. The van der Waals surface area contributed by atoms with Crippen molar-refractivity contribution in [1.82, 2.24) is 0 Å². The summed E-state index contributed by atoms with van der Waals surface area (Å²) in [7, 11) is -1.10. The van der Waals surface area contributed by atoms with E-state index >= 15 is 0 Å². The smallest absolute Gasteiger partial charge is 0.225 e. The lowest BCUT2D eigenvalue weighted by Gasteiger charge is -2.05. The van der Waals surface area contributed by atoms with Crippen LogP contribution in [-0.4, -0.2) is 15.9 Å². The molecule has 0 aromatic heterocycles. The maximum Gasteiger partial charge on any atom is 0.225 e. The molecule has 0 saturated heterocycles. The number of anilines is 1. The summed E-state index contributed by atoms with van der Waals surface area (Å²) in [4.78, 5) is 11.9. The number of carbonyl (C=O) groups excluding carboxylic acids is 1. The maximum atomic E-state index is 11.6. The summed E-state index contributed by atoms with van der Waals surface area (Å²) in [6, 6.07) is 4.99. The number of nitrogens with one attached hydrogen (secondary N) is 1. The second-order valence-electron chi connectivity index (χ2n) is 2.99. The van der Waals surface area contributed by atoms with Gasteiger partial charge in [-0.15, -0.1) is 0 Å². The van der Waals surface area contributed by atoms with Gasteiger partial charge < -0.3 is 5.32 Å². The van der Waals surface area contributed by atoms with Crippen molar-refractivity contribution in [2.75, 3.05) is 11.1 Å². The molecule has 0 spiro atoms. The Kier molecular flexibility index (Phi) is 2.56. The molecular weight excluding hydrogens is 222 g/mol. The van der Waals surface area contributed by atoms with E-state index in [1.165, 1.54) is 0 Å². The van der Waals surface area contributed by atoms with Crippen molar-refractivity contribution in [3.05, 3.63) is 23.2 Å². The summed E-state index contributed by atoms with van der Waals surface area (Å²) in [6.07, 6.45) is 0.291. The van der Waals surface area contributed by atoms with Crippen molar-refractivity contribution in [1.29, 1.82) is 0 Å². The van der Waals surface area contributed by atoms with Gasteiger partial charge in [-0.1, -0.05) is 11.6 Å². The van der Waals surface area contributed by atoms with E-state index < -0.39 is 10.8 Å². The first-order valence-corrected chi connectivity index (χ1v) is 5.84. The summed E-state index contributed by atoms with van der Waals surface area (Å²) < 4.78 is 11.6. The fraction of sp³-hybridized carbons (Fsp3) is 0.222. The lowest BCUT2D eigenvalue weighted by molar-refractivity contribution is -0.115. The highest BCUT2D eigenvalue weighted by Gasteiger charge is 2.18.